The van der Waals surface area contributed by atoms with E-state index in [9.17, 15) is 19.5 Å². The Balaban J connectivity index is 1.81. The molecule has 3 rings (SSSR count). The zero-order valence-electron chi connectivity index (χ0n) is 15.9. The lowest BCUT2D eigenvalue weighted by Gasteiger charge is -2.22. The van der Waals surface area contributed by atoms with Gasteiger partial charge in [-0.05, 0) is 19.8 Å². The first-order chi connectivity index (χ1) is 13.4. The number of amides is 2. The molecule has 0 spiro atoms. The van der Waals surface area contributed by atoms with Gasteiger partial charge in [-0.15, -0.1) is 0 Å². The van der Waals surface area contributed by atoms with Gasteiger partial charge in [0.25, 0.3) is 11.8 Å². The van der Waals surface area contributed by atoms with Crippen LogP contribution in [0.25, 0.3) is 0 Å². The molecule has 0 unspecified atom stereocenters. The number of nitrogens with zero attached hydrogens (tertiary/aromatic N) is 4. The van der Waals surface area contributed by atoms with Crippen molar-refractivity contribution in [3.63, 3.8) is 0 Å². The molecule has 2 amide bonds. The Morgan fingerprint density at radius 2 is 1.82 bits per heavy atom. The highest BCUT2D eigenvalue weighted by molar-refractivity contribution is 6.11. The van der Waals surface area contributed by atoms with Crippen LogP contribution < -0.4 is 10.6 Å². The van der Waals surface area contributed by atoms with Crippen molar-refractivity contribution in [3.8, 4) is 0 Å². The van der Waals surface area contributed by atoms with Gasteiger partial charge in [0, 0.05) is 32.0 Å². The van der Waals surface area contributed by atoms with Crippen molar-refractivity contribution in [3.05, 3.63) is 29.3 Å². The highest BCUT2D eigenvalue weighted by Gasteiger charge is 2.25. The summed E-state index contributed by atoms with van der Waals surface area (Å²) >= 11 is 0. The first-order valence-corrected chi connectivity index (χ1v) is 9.35. The first kappa shape index (κ1) is 19.6. The van der Waals surface area contributed by atoms with Crippen molar-refractivity contribution in [1.29, 1.82) is 0 Å². The van der Waals surface area contributed by atoms with Crippen molar-refractivity contribution in [1.82, 2.24) is 24.9 Å². The van der Waals surface area contributed by atoms with E-state index in [1.807, 2.05) is 6.92 Å². The van der Waals surface area contributed by atoms with Gasteiger partial charge in [-0.25, -0.2) is 4.79 Å². The molecule has 10 nitrogen and oxygen atoms in total. The summed E-state index contributed by atoms with van der Waals surface area (Å²) in [5.74, 6) is -2.31. The van der Waals surface area contributed by atoms with E-state index >= 15 is 0 Å². The van der Waals surface area contributed by atoms with E-state index in [-0.39, 0.29) is 34.6 Å². The molecule has 0 saturated heterocycles. The molecule has 150 valence electrons. The van der Waals surface area contributed by atoms with E-state index in [0.717, 1.165) is 25.7 Å². The number of carbonyl (C=O) groups excluding carboxylic acids is 2. The molecule has 0 aromatic carbocycles. The maximum Gasteiger partial charge on any atom is 0.339 e. The topological polar surface area (TPSA) is 131 Å². The van der Waals surface area contributed by atoms with Crippen molar-refractivity contribution < 1.29 is 19.5 Å². The van der Waals surface area contributed by atoms with Gasteiger partial charge in [0.1, 0.15) is 5.56 Å². The molecule has 28 heavy (non-hydrogen) atoms. The van der Waals surface area contributed by atoms with Crippen LogP contribution in [0.1, 0.15) is 70.4 Å². The Bertz CT molecular complexity index is 894. The van der Waals surface area contributed by atoms with Crippen molar-refractivity contribution in [2.24, 2.45) is 7.05 Å². The molecule has 1 aliphatic carbocycles. The third-order valence-corrected chi connectivity index (χ3v) is 4.76. The molecular weight excluding hydrogens is 364 g/mol. The second kappa shape index (κ2) is 8.24. The monoisotopic (exact) mass is 388 g/mol. The number of aryl methyl sites for hydroxylation is 2. The fourth-order valence-electron chi connectivity index (χ4n) is 3.34. The number of rotatable bonds is 6. The molecule has 2 aromatic rings. The summed E-state index contributed by atoms with van der Waals surface area (Å²) in [5, 5.41) is 23.0. The first-order valence-electron chi connectivity index (χ1n) is 9.35. The molecule has 0 atom stereocenters. The van der Waals surface area contributed by atoms with E-state index in [0.29, 0.717) is 6.54 Å². The largest absolute Gasteiger partial charge is 0.478 e. The van der Waals surface area contributed by atoms with Gasteiger partial charge in [-0.3, -0.25) is 19.0 Å². The fourth-order valence-corrected chi connectivity index (χ4v) is 3.34. The smallest absolute Gasteiger partial charge is 0.339 e. The molecule has 2 aromatic heterocycles. The lowest BCUT2D eigenvalue weighted by Crippen LogP contribution is -2.36. The van der Waals surface area contributed by atoms with Crippen LogP contribution in [0.3, 0.4) is 0 Å². The van der Waals surface area contributed by atoms with Crippen LogP contribution in [0, 0.1) is 0 Å². The average Bonchev–Trinajstić information content (AvgIpc) is 3.26. The maximum absolute atomic E-state index is 12.7. The molecule has 1 saturated carbocycles. The second-order valence-electron chi connectivity index (χ2n) is 6.88. The van der Waals surface area contributed by atoms with Crippen LogP contribution in [0.4, 0.5) is 5.69 Å². The number of hydrogen-bond acceptors (Lipinski definition) is 5. The minimum atomic E-state index is -1.25. The standard InChI is InChI=1S/C18H24N6O4/c1-3-24-10-13(15(22-24)17(26)19-11-7-5-4-6-8-11)20-16(25)14-12(18(27)28)9-23(2)21-14/h9-11H,3-8H2,1-2H3,(H,19,26)(H,20,25)(H,27,28). The Hall–Kier alpha value is -3.17. The summed E-state index contributed by atoms with van der Waals surface area (Å²) in [6.45, 7) is 2.38. The number of nitrogens with one attached hydrogen (secondary N) is 2. The molecule has 0 bridgehead atoms. The lowest BCUT2D eigenvalue weighted by atomic mass is 9.95. The van der Waals surface area contributed by atoms with Crippen LogP contribution in [0.15, 0.2) is 12.4 Å². The van der Waals surface area contributed by atoms with Gasteiger partial charge >= 0.3 is 5.97 Å². The number of carboxylic acid groups (broad SMARTS) is 1. The Kier molecular flexibility index (Phi) is 5.76. The van der Waals surface area contributed by atoms with Gasteiger partial charge in [-0.1, -0.05) is 19.3 Å². The predicted molar refractivity (Wildman–Crippen MR) is 100 cm³/mol. The molecule has 1 fully saturated rings. The zero-order valence-corrected chi connectivity index (χ0v) is 15.9. The van der Waals surface area contributed by atoms with Crippen molar-refractivity contribution in [2.45, 2.75) is 51.6 Å². The molecule has 0 radical (unpaired) electrons. The van der Waals surface area contributed by atoms with Crippen LogP contribution in [0.2, 0.25) is 0 Å². The summed E-state index contributed by atoms with van der Waals surface area (Å²) in [6, 6.07) is 0.103. The highest BCUT2D eigenvalue weighted by atomic mass is 16.4. The van der Waals surface area contributed by atoms with Crippen molar-refractivity contribution >= 4 is 23.5 Å². The number of anilines is 1. The Morgan fingerprint density at radius 1 is 1.11 bits per heavy atom. The summed E-state index contributed by atoms with van der Waals surface area (Å²) < 4.78 is 2.80. The van der Waals surface area contributed by atoms with Gasteiger partial charge < -0.3 is 15.7 Å². The maximum atomic E-state index is 12.7. The highest BCUT2D eigenvalue weighted by Crippen LogP contribution is 2.20. The molecule has 2 heterocycles. The van der Waals surface area contributed by atoms with Crippen LogP contribution in [0.5, 0.6) is 0 Å². The number of aromatic carboxylic acids is 1. The van der Waals surface area contributed by atoms with E-state index in [2.05, 4.69) is 20.8 Å². The SMILES string of the molecule is CCn1cc(NC(=O)c2nn(C)cc2C(=O)O)c(C(=O)NC2CCCCC2)n1. The minimum Gasteiger partial charge on any atom is -0.478 e. The molecule has 1 aliphatic rings. The molecule has 3 N–H and O–H groups in total. The van der Waals surface area contributed by atoms with E-state index in [4.69, 9.17) is 0 Å². The molecule has 10 heteroatoms. The van der Waals surface area contributed by atoms with Crippen LogP contribution in [-0.2, 0) is 13.6 Å². The lowest BCUT2D eigenvalue weighted by molar-refractivity contribution is 0.0692. The van der Waals surface area contributed by atoms with Gasteiger partial charge in [0.15, 0.2) is 11.4 Å². The third-order valence-electron chi connectivity index (χ3n) is 4.76. The van der Waals surface area contributed by atoms with Crippen LogP contribution >= 0.6 is 0 Å². The average molecular weight is 388 g/mol. The molecule has 0 aliphatic heterocycles. The van der Waals surface area contributed by atoms with E-state index < -0.39 is 11.9 Å². The Morgan fingerprint density at radius 3 is 2.46 bits per heavy atom. The number of carbonyl (C=O) groups is 3. The zero-order chi connectivity index (χ0) is 20.3. The van der Waals surface area contributed by atoms with Gasteiger partial charge in [0.05, 0.1) is 5.69 Å². The summed E-state index contributed by atoms with van der Waals surface area (Å²) in [7, 11) is 1.53. The third kappa shape index (κ3) is 4.21. The number of aromatic nitrogens is 4. The predicted octanol–water partition coefficient (Wildman–Crippen LogP) is 1.65. The van der Waals surface area contributed by atoms with Gasteiger partial charge in [0.2, 0.25) is 0 Å². The van der Waals surface area contributed by atoms with E-state index in [1.54, 1.807) is 10.9 Å². The normalized spacial score (nSPS) is 14.6. The summed E-state index contributed by atoms with van der Waals surface area (Å²) in [4.78, 5) is 36.6. The minimum absolute atomic E-state index is 0.103. The number of carboxylic acids is 1. The van der Waals surface area contributed by atoms with Gasteiger partial charge in [-0.2, -0.15) is 10.2 Å². The fraction of sp³-hybridized carbons (Fsp3) is 0.500. The summed E-state index contributed by atoms with van der Waals surface area (Å²) in [6.07, 6.45) is 8.00. The molecular formula is C18H24N6O4. The summed E-state index contributed by atoms with van der Waals surface area (Å²) in [5.41, 5.74) is -0.107. The van der Waals surface area contributed by atoms with Crippen LogP contribution in [-0.4, -0.2) is 48.5 Å². The second-order valence-corrected chi connectivity index (χ2v) is 6.88. The number of hydrogen-bond donors (Lipinski definition) is 3. The quantitative estimate of drug-likeness (QED) is 0.689. The van der Waals surface area contributed by atoms with Crippen molar-refractivity contribution in [2.75, 3.05) is 5.32 Å². The Labute approximate surface area is 161 Å². The van der Waals surface area contributed by atoms with E-state index in [1.165, 1.54) is 24.3 Å².